The van der Waals surface area contributed by atoms with Crippen LogP contribution in [0, 0.1) is 10.1 Å². The van der Waals surface area contributed by atoms with E-state index in [2.05, 4.69) is 0 Å². The van der Waals surface area contributed by atoms with Gasteiger partial charge in [-0.1, -0.05) is 30.3 Å². The first-order valence-electron chi connectivity index (χ1n) is 6.67. The third-order valence-corrected chi connectivity index (χ3v) is 3.32. The number of nitrogens with zero attached hydrogens (tertiary/aromatic N) is 1. The van der Waals surface area contributed by atoms with Crippen LogP contribution in [0.4, 0.5) is 5.69 Å². The van der Waals surface area contributed by atoms with E-state index >= 15 is 0 Å². The molecule has 2 aromatic carbocycles. The van der Waals surface area contributed by atoms with Crippen molar-refractivity contribution in [2.75, 3.05) is 7.11 Å². The molecular formula is C17H13NO4. The Balaban J connectivity index is 2.00. The highest BCUT2D eigenvalue weighted by Crippen LogP contribution is 2.34. The molecule has 1 heterocycles. The maximum absolute atomic E-state index is 11.1. The molecule has 3 rings (SSSR count). The van der Waals surface area contributed by atoms with Gasteiger partial charge in [0.25, 0.3) is 0 Å². The summed E-state index contributed by atoms with van der Waals surface area (Å²) in [5, 5.41) is 11.1. The molecule has 0 radical (unpaired) electrons. The van der Waals surface area contributed by atoms with Crippen LogP contribution in [0.15, 0.2) is 65.1 Å². The van der Waals surface area contributed by atoms with Gasteiger partial charge in [0, 0.05) is 17.2 Å². The third kappa shape index (κ3) is 2.56. The van der Waals surface area contributed by atoms with Crippen molar-refractivity contribution in [1.29, 1.82) is 0 Å². The fourth-order valence-electron chi connectivity index (χ4n) is 2.24. The van der Waals surface area contributed by atoms with Crippen LogP contribution >= 0.6 is 0 Å². The number of rotatable bonds is 4. The maximum atomic E-state index is 11.1. The van der Waals surface area contributed by atoms with Crippen molar-refractivity contribution in [3.63, 3.8) is 0 Å². The lowest BCUT2D eigenvalue weighted by atomic mass is 10.1. The second-order valence-corrected chi connectivity index (χ2v) is 4.67. The Hall–Kier alpha value is -3.08. The molecule has 0 aliphatic rings. The van der Waals surface area contributed by atoms with Crippen LogP contribution in [0.25, 0.3) is 22.6 Å². The first kappa shape index (κ1) is 13.9. The minimum atomic E-state index is -0.469. The van der Waals surface area contributed by atoms with Crippen molar-refractivity contribution < 1.29 is 14.1 Å². The number of hydrogen-bond acceptors (Lipinski definition) is 4. The summed E-state index contributed by atoms with van der Waals surface area (Å²) in [5.41, 5.74) is 1.50. The van der Waals surface area contributed by atoms with Crippen LogP contribution < -0.4 is 4.74 Å². The smallest absolute Gasteiger partial charge is 0.311 e. The molecule has 0 bridgehead atoms. The molecule has 3 aromatic rings. The molecule has 5 nitrogen and oxygen atoms in total. The van der Waals surface area contributed by atoms with Gasteiger partial charge >= 0.3 is 5.69 Å². The molecular weight excluding hydrogens is 282 g/mol. The van der Waals surface area contributed by atoms with E-state index < -0.39 is 4.92 Å². The molecule has 0 saturated heterocycles. The highest BCUT2D eigenvalue weighted by molar-refractivity contribution is 5.68. The highest BCUT2D eigenvalue weighted by atomic mass is 16.6. The summed E-state index contributed by atoms with van der Waals surface area (Å²) in [4.78, 5) is 10.6. The van der Waals surface area contributed by atoms with Crippen molar-refractivity contribution in [3.05, 3.63) is 70.8 Å². The number of furan rings is 1. The minimum Gasteiger partial charge on any atom is -0.490 e. The predicted octanol–water partition coefficient (Wildman–Crippen LogP) is 4.53. The van der Waals surface area contributed by atoms with E-state index in [1.807, 2.05) is 36.4 Å². The standard InChI is InChI=1S/C17H13NO4/c1-21-17-8-7-13(11-14(17)18(19)20)16-10-9-15(22-16)12-5-3-2-4-6-12/h2-11H,1H3. The van der Waals surface area contributed by atoms with Gasteiger partial charge < -0.3 is 9.15 Å². The van der Waals surface area contributed by atoms with Crippen molar-refractivity contribution >= 4 is 5.69 Å². The number of nitro groups is 1. The Labute approximate surface area is 126 Å². The normalized spacial score (nSPS) is 10.4. The average molecular weight is 295 g/mol. The molecule has 0 spiro atoms. The van der Waals surface area contributed by atoms with Gasteiger partial charge in [-0.05, 0) is 24.3 Å². The summed E-state index contributed by atoms with van der Waals surface area (Å²) >= 11 is 0. The lowest BCUT2D eigenvalue weighted by molar-refractivity contribution is -0.385. The number of methoxy groups -OCH3 is 1. The SMILES string of the molecule is COc1ccc(-c2ccc(-c3ccccc3)o2)cc1[N+](=O)[O-]. The molecule has 0 N–H and O–H groups in total. The zero-order valence-electron chi connectivity index (χ0n) is 11.9. The van der Waals surface area contributed by atoms with E-state index in [4.69, 9.17) is 9.15 Å². The third-order valence-electron chi connectivity index (χ3n) is 3.32. The molecule has 0 fully saturated rings. The first-order chi connectivity index (χ1) is 10.7. The van der Waals surface area contributed by atoms with Crippen LogP contribution in [0.3, 0.4) is 0 Å². The summed E-state index contributed by atoms with van der Waals surface area (Å²) in [7, 11) is 1.41. The average Bonchev–Trinajstić information content (AvgIpc) is 3.05. The van der Waals surface area contributed by atoms with Crippen molar-refractivity contribution in [2.45, 2.75) is 0 Å². The summed E-state index contributed by atoms with van der Waals surface area (Å²) < 4.78 is 10.8. The van der Waals surface area contributed by atoms with Crippen LogP contribution in [0.2, 0.25) is 0 Å². The number of hydrogen-bond donors (Lipinski definition) is 0. The lowest BCUT2D eigenvalue weighted by Crippen LogP contribution is -1.93. The van der Waals surface area contributed by atoms with Gasteiger partial charge in [-0.2, -0.15) is 0 Å². The maximum Gasteiger partial charge on any atom is 0.311 e. The van der Waals surface area contributed by atoms with E-state index in [1.165, 1.54) is 13.2 Å². The molecule has 0 saturated carbocycles. The molecule has 110 valence electrons. The monoisotopic (exact) mass is 295 g/mol. The van der Waals surface area contributed by atoms with Crippen LogP contribution in [0.5, 0.6) is 5.75 Å². The summed E-state index contributed by atoms with van der Waals surface area (Å²) in [6, 6.07) is 18.1. The van der Waals surface area contributed by atoms with Gasteiger partial charge in [-0.25, -0.2) is 0 Å². The Kier molecular flexibility index (Phi) is 3.62. The van der Waals surface area contributed by atoms with Crippen molar-refractivity contribution in [3.8, 4) is 28.4 Å². The topological polar surface area (TPSA) is 65.5 Å². The van der Waals surface area contributed by atoms with Crippen molar-refractivity contribution in [2.24, 2.45) is 0 Å². The summed E-state index contributed by atoms with van der Waals surface area (Å²) in [5.74, 6) is 1.52. The minimum absolute atomic E-state index is 0.0855. The van der Waals surface area contributed by atoms with E-state index in [0.29, 0.717) is 17.1 Å². The first-order valence-corrected chi connectivity index (χ1v) is 6.67. The van der Waals surface area contributed by atoms with E-state index in [0.717, 1.165) is 5.56 Å². The molecule has 0 amide bonds. The zero-order valence-corrected chi connectivity index (χ0v) is 11.9. The molecule has 0 aliphatic heterocycles. The summed E-state index contributed by atoms with van der Waals surface area (Å²) in [6.45, 7) is 0. The molecule has 1 aromatic heterocycles. The lowest BCUT2D eigenvalue weighted by Gasteiger charge is -2.03. The predicted molar refractivity (Wildman–Crippen MR) is 82.8 cm³/mol. The molecule has 22 heavy (non-hydrogen) atoms. The van der Waals surface area contributed by atoms with E-state index in [9.17, 15) is 10.1 Å². The Morgan fingerprint density at radius 2 is 1.64 bits per heavy atom. The highest BCUT2D eigenvalue weighted by Gasteiger charge is 2.17. The van der Waals surface area contributed by atoms with Crippen LogP contribution in [-0.4, -0.2) is 12.0 Å². The fourth-order valence-corrected chi connectivity index (χ4v) is 2.24. The molecule has 0 unspecified atom stereocenters. The van der Waals surface area contributed by atoms with Gasteiger partial charge in [0.1, 0.15) is 11.5 Å². The summed E-state index contributed by atoms with van der Waals surface area (Å²) in [6.07, 6.45) is 0. The largest absolute Gasteiger partial charge is 0.490 e. The van der Waals surface area contributed by atoms with Gasteiger partial charge in [0.05, 0.1) is 12.0 Å². The second-order valence-electron chi connectivity index (χ2n) is 4.67. The molecule has 5 heteroatoms. The number of ether oxygens (including phenoxy) is 1. The Morgan fingerprint density at radius 3 is 2.27 bits per heavy atom. The van der Waals surface area contributed by atoms with Gasteiger partial charge in [0.2, 0.25) is 0 Å². The molecule has 0 atom stereocenters. The molecule has 0 aliphatic carbocycles. The Morgan fingerprint density at radius 1 is 0.955 bits per heavy atom. The van der Waals surface area contributed by atoms with Crippen LogP contribution in [-0.2, 0) is 0 Å². The van der Waals surface area contributed by atoms with Crippen LogP contribution in [0.1, 0.15) is 0 Å². The van der Waals surface area contributed by atoms with Gasteiger partial charge in [-0.15, -0.1) is 0 Å². The van der Waals surface area contributed by atoms with Gasteiger partial charge in [0.15, 0.2) is 5.75 Å². The quantitative estimate of drug-likeness (QED) is 0.524. The Bertz CT molecular complexity index is 809. The number of benzene rings is 2. The van der Waals surface area contributed by atoms with Gasteiger partial charge in [-0.3, -0.25) is 10.1 Å². The zero-order chi connectivity index (χ0) is 15.5. The number of nitro benzene ring substituents is 1. The second kappa shape index (κ2) is 5.73. The van der Waals surface area contributed by atoms with E-state index in [1.54, 1.807) is 18.2 Å². The van der Waals surface area contributed by atoms with E-state index in [-0.39, 0.29) is 11.4 Å². The van der Waals surface area contributed by atoms with Crippen molar-refractivity contribution in [1.82, 2.24) is 0 Å². The fraction of sp³-hybridized carbons (Fsp3) is 0.0588.